The summed E-state index contributed by atoms with van der Waals surface area (Å²) in [5, 5.41) is 11.6. The fourth-order valence-electron chi connectivity index (χ4n) is 0.642. The van der Waals surface area contributed by atoms with Crippen molar-refractivity contribution in [3.8, 4) is 0 Å². The van der Waals surface area contributed by atoms with Gasteiger partial charge in [0, 0.05) is 0 Å². The molecule has 1 heterocycles. The molecule has 13 heavy (non-hydrogen) atoms. The molecular weight excluding hydrogens is 179 g/mol. The molecule has 0 unspecified atom stereocenters. The monoisotopic (exact) mass is 188 g/mol. The summed E-state index contributed by atoms with van der Waals surface area (Å²) in [6.07, 6.45) is 0. The molecule has 1 aromatic rings. The van der Waals surface area contributed by atoms with Crippen LogP contribution in [0.15, 0.2) is 4.52 Å². The van der Waals surface area contributed by atoms with Gasteiger partial charge >= 0.3 is 5.97 Å². The van der Waals surface area contributed by atoms with E-state index in [2.05, 4.69) is 14.7 Å². The van der Waals surface area contributed by atoms with Gasteiger partial charge in [-0.15, -0.1) is 0 Å². The number of alkyl halides is 1. The van der Waals surface area contributed by atoms with Gasteiger partial charge < -0.3 is 9.63 Å². The van der Waals surface area contributed by atoms with E-state index in [0.717, 1.165) is 0 Å². The smallest absolute Gasteiger partial charge is 0.377 e. The van der Waals surface area contributed by atoms with Crippen LogP contribution in [0.4, 0.5) is 4.39 Å². The highest BCUT2D eigenvalue weighted by atomic mass is 19.1. The Bertz CT molecular complexity index is 321. The van der Waals surface area contributed by atoms with E-state index >= 15 is 0 Å². The maximum Gasteiger partial charge on any atom is 0.377 e. The van der Waals surface area contributed by atoms with Gasteiger partial charge in [-0.2, -0.15) is 4.98 Å². The second-order valence-electron chi connectivity index (χ2n) is 3.25. The first kappa shape index (κ1) is 9.63. The van der Waals surface area contributed by atoms with Gasteiger partial charge in [-0.25, -0.2) is 9.18 Å². The summed E-state index contributed by atoms with van der Waals surface area (Å²) in [6.45, 7) is 2.41. The minimum Gasteiger partial charge on any atom is -0.475 e. The Balaban J connectivity index is 2.98. The third-order valence-corrected chi connectivity index (χ3v) is 1.53. The summed E-state index contributed by atoms with van der Waals surface area (Å²) < 4.78 is 17.0. The molecule has 0 spiro atoms. The van der Waals surface area contributed by atoms with Crippen LogP contribution in [-0.4, -0.2) is 27.9 Å². The van der Waals surface area contributed by atoms with Crippen LogP contribution in [0.2, 0.25) is 0 Å². The molecule has 5 nitrogen and oxygen atoms in total. The Labute approximate surface area is 73.6 Å². The molecule has 0 aliphatic heterocycles. The van der Waals surface area contributed by atoms with Crippen molar-refractivity contribution in [2.75, 3.05) is 6.67 Å². The molecule has 0 aliphatic carbocycles. The molecule has 1 rings (SSSR count). The average Bonchev–Trinajstić information content (AvgIpc) is 2.52. The number of carboxylic acids is 1. The van der Waals surface area contributed by atoms with Crippen molar-refractivity contribution in [2.45, 2.75) is 19.3 Å². The van der Waals surface area contributed by atoms with Gasteiger partial charge in [0.15, 0.2) is 0 Å². The molecular formula is C7H9FN2O3. The highest BCUT2D eigenvalue weighted by Crippen LogP contribution is 2.21. The molecule has 0 saturated carbocycles. The molecule has 0 aliphatic rings. The maximum absolute atomic E-state index is 12.4. The summed E-state index contributed by atoms with van der Waals surface area (Å²) in [5.74, 6) is -1.74. The van der Waals surface area contributed by atoms with Gasteiger partial charge in [0.1, 0.15) is 6.67 Å². The first-order valence-electron chi connectivity index (χ1n) is 3.61. The fourth-order valence-corrected chi connectivity index (χ4v) is 0.642. The second-order valence-corrected chi connectivity index (χ2v) is 3.25. The first-order chi connectivity index (χ1) is 5.97. The number of carboxylic acid groups (broad SMARTS) is 1. The lowest BCUT2D eigenvalue weighted by Gasteiger charge is -2.13. The van der Waals surface area contributed by atoms with Gasteiger partial charge in [0.25, 0.3) is 5.82 Å². The van der Waals surface area contributed by atoms with E-state index in [0.29, 0.717) is 0 Å². The molecule has 1 aromatic heterocycles. The lowest BCUT2D eigenvalue weighted by molar-refractivity contribution is 0.0680. The van der Waals surface area contributed by atoms with Crippen LogP contribution in [0.1, 0.15) is 30.4 Å². The Morgan fingerprint density at radius 3 is 2.69 bits per heavy atom. The second kappa shape index (κ2) is 3.12. The number of hydrogen-bond acceptors (Lipinski definition) is 4. The molecule has 0 fully saturated rings. The van der Waals surface area contributed by atoms with E-state index in [1.165, 1.54) is 0 Å². The first-order valence-corrected chi connectivity index (χ1v) is 3.61. The van der Waals surface area contributed by atoms with Crippen molar-refractivity contribution >= 4 is 5.97 Å². The number of halogens is 1. The maximum atomic E-state index is 12.4. The zero-order valence-electron chi connectivity index (χ0n) is 7.24. The Morgan fingerprint density at radius 2 is 2.31 bits per heavy atom. The van der Waals surface area contributed by atoms with Crippen LogP contribution in [0.25, 0.3) is 0 Å². The molecule has 0 bridgehead atoms. The average molecular weight is 188 g/mol. The van der Waals surface area contributed by atoms with Gasteiger partial charge in [-0.05, 0) is 19.0 Å². The van der Waals surface area contributed by atoms with Crippen LogP contribution >= 0.6 is 0 Å². The van der Waals surface area contributed by atoms with Crippen molar-refractivity contribution in [3.05, 3.63) is 11.7 Å². The lowest BCUT2D eigenvalue weighted by atomic mass is 9.96. The molecule has 72 valence electrons. The van der Waals surface area contributed by atoms with Crippen molar-refractivity contribution in [3.63, 3.8) is 0 Å². The summed E-state index contributed by atoms with van der Waals surface area (Å²) in [6, 6.07) is 0. The minimum atomic E-state index is -1.29. The van der Waals surface area contributed by atoms with E-state index in [1.54, 1.807) is 13.8 Å². The summed E-state index contributed by atoms with van der Waals surface area (Å²) >= 11 is 0. The van der Waals surface area contributed by atoms with Gasteiger partial charge in [0.05, 0.1) is 5.41 Å². The van der Waals surface area contributed by atoms with Crippen LogP contribution in [-0.2, 0) is 5.41 Å². The number of hydrogen-bond donors (Lipinski definition) is 1. The predicted octanol–water partition coefficient (Wildman–Crippen LogP) is 1.01. The van der Waals surface area contributed by atoms with E-state index in [9.17, 15) is 9.18 Å². The molecule has 0 aromatic carbocycles. The van der Waals surface area contributed by atoms with Crippen LogP contribution in [0.5, 0.6) is 0 Å². The molecule has 0 amide bonds. The van der Waals surface area contributed by atoms with Crippen LogP contribution in [0, 0.1) is 0 Å². The van der Waals surface area contributed by atoms with E-state index in [1.807, 2.05) is 0 Å². The molecule has 0 saturated heterocycles. The van der Waals surface area contributed by atoms with Crippen molar-refractivity contribution in [1.29, 1.82) is 0 Å². The zero-order valence-corrected chi connectivity index (χ0v) is 7.24. The molecule has 0 atom stereocenters. The molecule has 0 radical (unpaired) electrons. The highest BCUT2D eigenvalue weighted by molar-refractivity contribution is 5.82. The minimum absolute atomic E-state index is 0.00704. The number of rotatable bonds is 3. The topological polar surface area (TPSA) is 76.2 Å². The SMILES string of the molecule is CC(C)(CF)c1nc(C(=O)O)no1. The predicted molar refractivity (Wildman–Crippen MR) is 40.3 cm³/mol. The Kier molecular flexibility index (Phi) is 2.31. The Hall–Kier alpha value is -1.46. The van der Waals surface area contributed by atoms with Crippen LogP contribution < -0.4 is 0 Å². The van der Waals surface area contributed by atoms with E-state index in [4.69, 9.17) is 5.11 Å². The van der Waals surface area contributed by atoms with Gasteiger partial charge in [-0.1, -0.05) is 0 Å². The molecule has 1 N–H and O–H groups in total. The third-order valence-electron chi connectivity index (χ3n) is 1.53. The quantitative estimate of drug-likeness (QED) is 0.766. The van der Waals surface area contributed by atoms with Crippen molar-refractivity contribution in [2.24, 2.45) is 0 Å². The zero-order chi connectivity index (χ0) is 10.1. The summed E-state index contributed by atoms with van der Waals surface area (Å²) in [7, 11) is 0. The summed E-state index contributed by atoms with van der Waals surface area (Å²) in [4.78, 5) is 13.9. The largest absolute Gasteiger partial charge is 0.475 e. The standard InChI is InChI=1S/C7H9FN2O3/c1-7(2,3-8)6-9-4(5(11)12)10-13-6/h3H2,1-2H3,(H,11,12). The summed E-state index contributed by atoms with van der Waals surface area (Å²) in [5.41, 5.74) is -0.930. The van der Waals surface area contributed by atoms with Crippen molar-refractivity contribution in [1.82, 2.24) is 10.1 Å². The lowest BCUT2D eigenvalue weighted by Crippen LogP contribution is -2.20. The third kappa shape index (κ3) is 1.82. The number of nitrogens with zero attached hydrogens (tertiary/aromatic N) is 2. The van der Waals surface area contributed by atoms with E-state index < -0.39 is 23.9 Å². The fraction of sp³-hybridized carbons (Fsp3) is 0.571. The highest BCUT2D eigenvalue weighted by Gasteiger charge is 2.28. The van der Waals surface area contributed by atoms with Crippen molar-refractivity contribution < 1.29 is 18.8 Å². The van der Waals surface area contributed by atoms with Crippen LogP contribution in [0.3, 0.4) is 0 Å². The number of aromatic nitrogens is 2. The number of aromatic carboxylic acids is 1. The number of carbonyl (C=O) groups is 1. The van der Waals surface area contributed by atoms with Gasteiger partial charge in [-0.3, -0.25) is 0 Å². The van der Waals surface area contributed by atoms with E-state index in [-0.39, 0.29) is 5.89 Å². The Morgan fingerprint density at radius 1 is 1.69 bits per heavy atom. The molecule has 6 heteroatoms. The van der Waals surface area contributed by atoms with Gasteiger partial charge in [0.2, 0.25) is 5.89 Å². The normalized spacial score (nSPS) is 11.6.